The van der Waals surface area contributed by atoms with Crippen LogP contribution in [0.4, 0.5) is 5.69 Å². The number of rotatable bonds is 6. The van der Waals surface area contributed by atoms with Crippen LogP contribution in [0.25, 0.3) is 5.82 Å². The predicted octanol–water partition coefficient (Wildman–Crippen LogP) is 4.33. The maximum atomic E-state index is 6.02. The fourth-order valence-electron chi connectivity index (χ4n) is 2.59. The molecule has 0 aliphatic heterocycles. The van der Waals surface area contributed by atoms with E-state index < -0.39 is 0 Å². The van der Waals surface area contributed by atoms with Gasteiger partial charge in [0.1, 0.15) is 12.1 Å². The van der Waals surface area contributed by atoms with Crippen LogP contribution in [-0.4, -0.2) is 20.5 Å². The maximum Gasteiger partial charge on any atom is 0.193 e. The van der Waals surface area contributed by atoms with Crippen LogP contribution < -0.4 is 11.1 Å². The third kappa shape index (κ3) is 5.78. The van der Waals surface area contributed by atoms with Crippen LogP contribution in [0.5, 0.6) is 0 Å². The molecule has 0 aliphatic rings. The first-order valence-corrected chi connectivity index (χ1v) is 8.76. The largest absolute Gasteiger partial charge is 0.370 e. The molecule has 6 nitrogen and oxygen atoms in total. The molecule has 3 rings (SSSR count). The second-order valence-electron chi connectivity index (χ2n) is 6.25. The topological polar surface area (TPSA) is 81.1 Å². The Hall–Kier alpha value is -2.42. The van der Waals surface area contributed by atoms with Gasteiger partial charge in [-0.05, 0) is 47.7 Å². The molecule has 142 valence electrons. The molecule has 0 saturated carbocycles. The predicted molar refractivity (Wildman–Crippen MR) is 121 cm³/mol. The second kappa shape index (κ2) is 10.1. The monoisotopic (exact) mass is 476 g/mol. The van der Waals surface area contributed by atoms with Gasteiger partial charge in [-0.3, -0.25) is 4.57 Å². The Morgan fingerprint density at radius 2 is 2.00 bits per heavy atom. The van der Waals surface area contributed by atoms with Crippen LogP contribution in [-0.2, 0) is 6.54 Å². The molecule has 1 unspecified atom stereocenters. The lowest BCUT2D eigenvalue weighted by Crippen LogP contribution is -2.22. The Morgan fingerprint density at radius 1 is 1.22 bits per heavy atom. The van der Waals surface area contributed by atoms with Crippen LogP contribution in [0.15, 0.2) is 66.3 Å². The molecule has 3 aromatic rings. The normalized spacial score (nSPS) is 12.3. The highest BCUT2D eigenvalue weighted by molar-refractivity contribution is 14.0. The zero-order valence-corrected chi connectivity index (χ0v) is 17.9. The Kier molecular flexibility index (Phi) is 7.78. The van der Waals surface area contributed by atoms with Crippen molar-refractivity contribution >= 4 is 35.6 Å². The van der Waals surface area contributed by atoms with Gasteiger partial charge in [-0.15, -0.1) is 24.0 Å². The van der Waals surface area contributed by atoms with Gasteiger partial charge in [-0.1, -0.05) is 26.0 Å². The molecule has 0 radical (unpaired) electrons. The van der Waals surface area contributed by atoms with E-state index in [1.807, 2.05) is 35.0 Å². The Labute approximate surface area is 177 Å². The van der Waals surface area contributed by atoms with Crippen LogP contribution in [0.2, 0.25) is 0 Å². The molecule has 27 heavy (non-hydrogen) atoms. The molecular formula is C20H25IN6. The average molecular weight is 476 g/mol. The molecule has 0 fully saturated rings. The highest BCUT2D eigenvalue weighted by atomic mass is 127. The molecular weight excluding hydrogens is 451 g/mol. The van der Waals surface area contributed by atoms with E-state index >= 15 is 0 Å². The van der Waals surface area contributed by atoms with Crippen LogP contribution in [0.1, 0.15) is 37.3 Å². The number of hydrogen-bond donors (Lipinski definition) is 2. The minimum absolute atomic E-state index is 0. The summed E-state index contributed by atoms with van der Waals surface area (Å²) >= 11 is 0. The molecule has 1 atom stereocenters. The molecule has 1 aromatic carbocycles. The minimum Gasteiger partial charge on any atom is -0.370 e. The number of benzene rings is 1. The molecule has 0 saturated heterocycles. The fraction of sp³-hybridized carbons (Fsp3) is 0.250. The number of aliphatic imine (C=N–C) groups is 1. The summed E-state index contributed by atoms with van der Waals surface area (Å²) < 4.78 is 1.85. The van der Waals surface area contributed by atoms with E-state index in [1.54, 1.807) is 18.7 Å². The van der Waals surface area contributed by atoms with Gasteiger partial charge < -0.3 is 11.1 Å². The lowest BCUT2D eigenvalue weighted by Gasteiger charge is -2.11. The summed E-state index contributed by atoms with van der Waals surface area (Å²) in [6.07, 6.45) is 8.18. The number of anilines is 1. The average Bonchev–Trinajstić information content (AvgIpc) is 3.21. The van der Waals surface area contributed by atoms with Crippen molar-refractivity contribution in [3.05, 3.63) is 72.4 Å². The first-order chi connectivity index (χ1) is 12.7. The highest BCUT2D eigenvalue weighted by Gasteiger charge is 2.03. The zero-order valence-electron chi connectivity index (χ0n) is 15.5. The van der Waals surface area contributed by atoms with Crippen molar-refractivity contribution in [3.8, 4) is 5.82 Å². The highest BCUT2D eigenvalue weighted by Crippen LogP contribution is 2.20. The zero-order chi connectivity index (χ0) is 18.4. The number of nitrogens with one attached hydrogen (secondary N) is 1. The first kappa shape index (κ1) is 20.9. The third-order valence-corrected chi connectivity index (χ3v) is 4.38. The van der Waals surface area contributed by atoms with Gasteiger partial charge in [0.15, 0.2) is 5.96 Å². The standard InChI is InChI=1S/C20H24N6.HI/c1-3-15(2)17-4-6-18(7-5-17)25-20(21)24-13-16-8-9-23-19(12-16)26-11-10-22-14-26;/h4-12,14-15H,3,13H2,1-2H3,(H3,21,24,25);1H. The molecule has 3 N–H and O–H groups in total. The van der Waals surface area contributed by atoms with E-state index in [1.165, 1.54) is 5.56 Å². The molecule has 0 amide bonds. The van der Waals surface area contributed by atoms with Crippen LogP contribution in [0.3, 0.4) is 0 Å². The number of guanidine groups is 1. The minimum atomic E-state index is 0. The molecule has 2 aromatic heterocycles. The van der Waals surface area contributed by atoms with Crippen LogP contribution in [0, 0.1) is 0 Å². The number of nitrogens with two attached hydrogens (primary N) is 1. The number of nitrogens with zero attached hydrogens (tertiary/aromatic N) is 4. The van der Waals surface area contributed by atoms with E-state index in [0.29, 0.717) is 18.4 Å². The Bertz CT molecular complexity index is 858. The number of aromatic nitrogens is 3. The Balaban J connectivity index is 0.00000261. The van der Waals surface area contributed by atoms with Gasteiger partial charge in [0.25, 0.3) is 0 Å². The molecule has 2 heterocycles. The van der Waals surface area contributed by atoms with Crippen molar-refractivity contribution in [2.75, 3.05) is 5.32 Å². The molecule has 0 bridgehead atoms. The molecule has 0 aliphatic carbocycles. The van der Waals surface area contributed by atoms with Gasteiger partial charge in [-0.25, -0.2) is 15.0 Å². The van der Waals surface area contributed by atoms with Crippen LogP contribution >= 0.6 is 24.0 Å². The van der Waals surface area contributed by atoms with Gasteiger partial charge in [0.2, 0.25) is 0 Å². The third-order valence-electron chi connectivity index (χ3n) is 4.38. The van der Waals surface area contributed by atoms with E-state index in [2.05, 4.69) is 46.3 Å². The van der Waals surface area contributed by atoms with Crippen molar-refractivity contribution in [2.24, 2.45) is 10.7 Å². The molecule has 0 spiro atoms. The summed E-state index contributed by atoms with van der Waals surface area (Å²) in [5.41, 5.74) is 9.31. The summed E-state index contributed by atoms with van der Waals surface area (Å²) in [6, 6.07) is 12.2. The quantitative estimate of drug-likeness (QED) is 0.316. The van der Waals surface area contributed by atoms with Gasteiger partial charge in [0, 0.05) is 24.3 Å². The fourth-order valence-corrected chi connectivity index (χ4v) is 2.59. The van der Waals surface area contributed by atoms with Crippen molar-refractivity contribution in [3.63, 3.8) is 0 Å². The van der Waals surface area contributed by atoms with E-state index in [0.717, 1.165) is 23.5 Å². The van der Waals surface area contributed by atoms with Crippen molar-refractivity contribution < 1.29 is 0 Å². The summed E-state index contributed by atoms with van der Waals surface area (Å²) in [5.74, 6) is 1.76. The first-order valence-electron chi connectivity index (χ1n) is 8.76. The number of halogens is 1. The van der Waals surface area contributed by atoms with E-state index in [4.69, 9.17) is 5.73 Å². The van der Waals surface area contributed by atoms with Crippen molar-refractivity contribution in [1.82, 2.24) is 14.5 Å². The molecule has 7 heteroatoms. The lowest BCUT2D eigenvalue weighted by molar-refractivity contribution is 0.734. The lowest BCUT2D eigenvalue weighted by atomic mass is 9.99. The van der Waals surface area contributed by atoms with E-state index in [-0.39, 0.29) is 24.0 Å². The maximum absolute atomic E-state index is 6.02. The number of hydrogen-bond acceptors (Lipinski definition) is 3. The number of imidazole rings is 1. The Morgan fingerprint density at radius 3 is 2.67 bits per heavy atom. The SMILES string of the molecule is CCC(C)c1ccc(NC(N)=NCc2ccnc(-n3ccnc3)c2)cc1.I. The van der Waals surface area contributed by atoms with Gasteiger partial charge in [0.05, 0.1) is 6.54 Å². The van der Waals surface area contributed by atoms with Gasteiger partial charge >= 0.3 is 0 Å². The summed E-state index contributed by atoms with van der Waals surface area (Å²) in [7, 11) is 0. The van der Waals surface area contributed by atoms with Crippen molar-refractivity contribution in [1.29, 1.82) is 0 Å². The number of pyridine rings is 1. The summed E-state index contributed by atoms with van der Waals surface area (Å²) in [4.78, 5) is 12.8. The van der Waals surface area contributed by atoms with Gasteiger partial charge in [-0.2, -0.15) is 0 Å². The second-order valence-corrected chi connectivity index (χ2v) is 6.25. The summed E-state index contributed by atoms with van der Waals surface area (Å²) in [6.45, 7) is 4.90. The summed E-state index contributed by atoms with van der Waals surface area (Å²) in [5, 5.41) is 3.14. The van der Waals surface area contributed by atoms with Crippen molar-refractivity contribution in [2.45, 2.75) is 32.7 Å². The van der Waals surface area contributed by atoms with E-state index in [9.17, 15) is 0 Å². The smallest absolute Gasteiger partial charge is 0.193 e.